The zero-order chi connectivity index (χ0) is 27.4. The maximum Gasteiger partial charge on any atom is 0.416 e. The first-order valence-corrected chi connectivity index (χ1v) is 12.4. The Morgan fingerprint density at radius 1 is 1.24 bits per heavy atom. The molecule has 0 spiro atoms. The van der Waals surface area contributed by atoms with Crippen molar-refractivity contribution >= 4 is 47.6 Å². The summed E-state index contributed by atoms with van der Waals surface area (Å²) >= 11 is 13.3. The highest BCUT2D eigenvalue weighted by Gasteiger charge is 2.31. The van der Waals surface area contributed by atoms with Gasteiger partial charge in [-0.3, -0.25) is 0 Å². The number of allylic oxidation sites excluding steroid dienone is 3. The lowest BCUT2D eigenvalue weighted by Gasteiger charge is -2.18. The van der Waals surface area contributed by atoms with Crippen LogP contribution >= 0.6 is 35.1 Å². The minimum atomic E-state index is -4.52. The number of rotatable bonds is 13. The molecule has 37 heavy (non-hydrogen) atoms. The van der Waals surface area contributed by atoms with E-state index in [1.165, 1.54) is 11.2 Å². The summed E-state index contributed by atoms with van der Waals surface area (Å²) in [6, 6.07) is 8.36. The van der Waals surface area contributed by atoms with Crippen LogP contribution in [0.4, 0.5) is 18.9 Å². The van der Waals surface area contributed by atoms with Crippen LogP contribution in [0.5, 0.6) is 0 Å². The number of hydrazone groups is 1. The first kappa shape index (κ1) is 30.3. The van der Waals surface area contributed by atoms with Gasteiger partial charge < -0.3 is 9.46 Å². The second kappa shape index (κ2) is 14.7. The molecule has 0 saturated carbocycles. The van der Waals surface area contributed by atoms with Gasteiger partial charge in [-0.15, -0.1) is 0 Å². The maximum atomic E-state index is 13.4. The van der Waals surface area contributed by atoms with E-state index in [2.05, 4.69) is 33.5 Å². The zero-order valence-corrected chi connectivity index (χ0v) is 22.6. The molecule has 0 aliphatic carbocycles. The van der Waals surface area contributed by atoms with Crippen molar-refractivity contribution in [2.75, 3.05) is 18.4 Å². The molecule has 0 fully saturated rings. The topological polar surface area (TPSA) is 61.6 Å². The van der Waals surface area contributed by atoms with Gasteiger partial charge in [0.15, 0.2) is 0 Å². The molecule has 0 unspecified atom stereocenters. The van der Waals surface area contributed by atoms with Gasteiger partial charge >= 0.3 is 6.18 Å². The van der Waals surface area contributed by atoms with Crippen LogP contribution in [-0.2, 0) is 17.5 Å². The molecule has 0 heterocycles. The molecule has 0 amide bonds. The first-order chi connectivity index (χ1) is 17.6. The van der Waals surface area contributed by atoms with Crippen LogP contribution in [0.15, 0.2) is 92.9 Å². The van der Waals surface area contributed by atoms with E-state index in [0.29, 0.717) is 27.7 Å². The number of nitrogens with one attached hydrogen (secondary N) is 1. The van der Waals surface area contributed by atoms with Crippen LogP contribution < -0.4 is 4.72 Å². The van der Waals surface area contributed by atoms with Crippen LogP contribution in [0, 0.1) is 0 Å². The lowest BCUT2D eigenvalue weighted by Crippen LogP contribution is -2.12. The van der Waals surface area contributed by atoms with Gasteiger partial charge in [-0.05, 0) is 65.9 Å². The number of benzene rings is 2. The predicted molar refractivity (Wildman–Crippen MR) is 146 cm³/mol. The SMILES string of the molecule is C=C/C=C(\C=C(/CC)CN=NN(Cc1ccc(C(F)(F)F)cc1NSc1cccc(Cl)c1Cl)N=C)OC. The predicted octanol–water partition coefficient (Wildman–Crippen LogP) is 8.97. The fourth-order valence-electron chi connectivity index (χ4n) is 2.87. The van der Waals surface area contributed by atoms with E-state index >= 15 is 0 Å². The van der Waals surface area contributed by atoms with Crippen LogP contribution in [0.25, 0.3) is 0 Å². The number of alkyl halides is 3. The monoisotopic (exact) mass is 571 g/mol. The third kappa shape index (κ3) is 9.46. The molecular formula is C25H26Cl2F3N5OS. The van der Waals surface area contributed by atoms with E-state index in [1.54, 1.807) is 37.5 Å². The Kier molecular flexibility index (Phi) is 12.0. The summed E-state index contributed by atoms with van der Waals surface area (Å²) in [4.78, 5) is 0.552. The van der Waals surface area contributed by atoms with Crippen molar-refractivity contribution < 1.29 is 17.9 Å². The van der Waals surface area contributed by atoms with Crippen molar-refractivity contribution in [3.05, 3.63) is 93.7 Å². The van der Waals surface area contributed by atoms with Crippen LogP contribution in [0.2, 0.25) is 10.0 Å². The number of anilines is 1. The zero-order valence-electron chi connectivity index (χ0n) is 20.2. The van der Waals surface area contributed by atoms with Crippen LogP contribution in [-0.4, -0.2) is 25.5 Å². The van der Waals surface area contributed by atoms with E-state index in [0.717, 1.165) is 29.7 Å². The van der Waals surface area contributed by atoms with Gasteiger partial charge in [-0.25, -0.2) is 0 Å². The molecule has 2 aromatic carbocycles. The van der Waals surface area contributed by atoms with Gasteiger partial charge in [0.25, 0.3) is 0 Å². The van der Waals surface area contributed by atoms with Gasteiger partial charge in [-0.1, -0.05) is 60.1 Å². The minimum absolute atomic E-state index is 0.0160. The van der Waals surface area contributed by atoms with Gasteiger partial charge in [0, 0.05) is 11.6 Å². The smallest absolute Gasteiger partial charge is 0.416 e. The van der Waals surface area contributed by atoms with E-state index in [4.69, 9.17) is 27.9 Å². The highest BCUT2D eigenvalue weighted by atomic mass is 35.5. The van der Waals surface area contributed by atoms with Crippen LogP contribution in [0.1, 0.15) is 24.5 Å². The van der Waals surface area contributed by atoms with Crippen molar-refractivity contribution in [1.82, 2.24) is 5.12 Å². The Bertz CT molecular complexity index is 1190. The molecule has 0 saturated heterocycles. The normalized spacial score (nSPS) is 12.5. The van der Waals surface area contributed by atoms with Crippen molar-refractivity contribution in [1.29, 1.82) is 0 Å². The summed E-state index contributed by atoms with van der Waals surface area (Å²) < 4.78 is 48.3. The number of nitrogens with zero attached hydrogens (tertiary/aromatic N) is 4. The number of ether oxygens (including phenoxy) is 1. The molecule has 0 aliphatic rings. The number of hydrogen-bond acceptors (Lipinski definition) is 6. The average Bonchev–Trinajstić information content (AvgIpc) is 2.87. The van der Waals surface area contributed by atoms with Gasteiger partial charge in [0.2, 0.25) is 0 Å². The Hall–Kier alpha value is -2.95. The summed E-state index contributed by atoms with van der Waals surface area (Å²) in [5, 5.41) is 13.9. The quantitative estimate of drug-likeness (QED) is 0.0650. The Morgan fingerprint density at radius 2 is 2.00 bits per heavy atom. The molecule has 2 aromatic rings. The molecule has 6 nitrogen and oxygen atoms in total. The fraction of sp³-hybridized carbons (Fsp3) is 0.240. The van der Waals surface area contributed by atoms with Crippen molar-refractivity contribution in [2.45, 2.75) is 31.0 Å². The Morgan fingerprint density at radius 3 is 2.62 bits per heavy atom. The highest BCUT2D eigenvalue weighted by Crippen LogP contribution is 2.37. The maximum absolute atomic E-state index is 13.4. The third-order valence-corrected chi connectivity index (χ3v) is 6.67. The standard InChI is InChI=1S/C25H26Cl2F3N5OS/c1-5-8-20(36-4)13-17(6-2)15-32-34-35(31-3)16-18-11-12-19(25(28,29)30)14-22(18)33-37-23-10-7-9-21(26)24(23)27/h5,7-14,33H,1,3,6,15-16H2,2,4H3/b17-13+,20-8+,34-32?. The largest absolute Gasteiger partial charge is 0.497 e. The number of halogens is 5. The molecule has 0 atom stereocenters. The number of methoxy groups -OCH3 is 1. The summed E-state index contributed by atoms with van der Waals surface area (Å²) in [6.07, 6.45) is 1.35. The molecule has 0 aromatic heterocycles. The van der Waals surface area contributed by atoms with Gasteiger partial charge in [-0.2, -0.15) is 28.5 Å². The Balaban J connectivity index is 2.25. The molecule has 198 valence electrons. The Labute approximate surface area is 228 Å². The summed E-state index contributed by atoms with van der Waals surface area (Å²) in [5.74, 6) is 0.624. The molecular weight excluding hydrogens is 546 g/mol. The molecule has 1 N–H and O–H groups in total. The average molecular weight is 572 g/mol. The van der Waals surface area contributed by atoms with Gasteiger partial charge in [0.05, 0.1) is 41.5 Å². The third-order valence-electron chi connectivity index (χ3n) is 4.86. The van der Waals surface area contributed by atoms with E-state index < -0.39 is 11.7 Å². The fourth-order valence-corrected chi connectivity index (χ4v) is 4.10. The van der Waals surface area contributed by atoms with Crippen molar-refractivity contribution in [3.8, 4) is 0 Å². The summed E-state index contributed by atoms with van der Waals surface area (Å²) in [7, 11) is 1.55. The highest BCUT2D eigenvalue weighted by molar-refractivity contribution is 8.00. The number of hydrogen-bond donors (Lipinski definition) is 1. The van der Waals surface area contributed by atoms with E-state index in [-0.39, 0.29) is 23.8 Å². The summed E-state index contributed by atoms with van der Waals surface area (Å²) in [6.45, 7) is 9.39. The van der Waals surface area contributed by atoms with E-state index in [9.17, 15) is 13.2 Å². The van der Waals surface area contributed by atoms with E-state index in [1.807, 2.05) is 13.0 Å². The van der Waals surface area contributed by atoms with Gasteiger partial charge in [0.1, 0.15) is 5.76 Å². The lowest BCUT2D eigenvalue weighted by molar-refractivity contribution is -0.137. The molecule has 0 bridgehead atoms. The first-order valence-electron chi connectivity index (χ1n) is 10.9. The van der Waals surface area contributed by atoms with Crippen LogP contribution in [0.3, 0.4) is 0 Å². The molecule has 2 rings (SSSR count). The minimum Gasteiger partial charge on any atom is -0.497 e. The second-order valence-electron chi connectivity index (χ2n) is 7.35. The molecule has 0 radical (unpaired) electrons. The lowest BCUT2D eigenvalue weighted by atomic mass is 10.1. The summed E-state index contributed by atoms with van der Waals surface area (Å²) in [5.41, 5.74) is 0.810. The van der Waals surface area contributed by atoms with Crippen molar-refractivity contribution in [3.63, 3.8) is 0 Å². The molecule has 0 aliphatic heterocycles. The second-order valence-corrected chi connectivity index (χ2v) is 8.98. The molecule has 12 heteroatoms. The van der Waals surface area contributed by atoms with Crippen molar-refractivity contribution in [2.24, 2.45) is 15.4 Å².